The smallest absolute Gasteiger partial charge is 0.231 e. The average molecular weight is 273 g/mol. The van der Waals surface area contributed by atoms with E-state index in [1.54, 1.807) is 13.0 Å². The van der Waals surface area contributed by atoms with Crippen LogP contribution in [-0.4, -0.2) is 11.7 Å². The van der Waals surface area contributed by atoms with Crippen molar-refractivity contribution in [1.82, 2.24) is 0 Å². The number of anilines is 1. The number of halogens is 1. The van der Waals surface area contributed by atoms with Gasteiger partial charge in [-0.05, 0) is 43.2 Å². The summed E-state index contributed by atoms with van der Waals surface area (Å²) in [5.74, 6) is -0.585. The molecule has 1 aromatic heterocycles. The number of hydrogen-bond donors (Lipinski definition) is 1. The maximum Gasteiger partial charge on any atom is 0.231 e. The van der Waals surface area contributed by atoms with Crippen molar-refractivity contribution < 1.29 is 18.4 Å². The van der Waals surface area contributed by atoms with E-state index in [1.807, 2.05) is 0 Å². The van der Waals surface area contributed by atoms with Crippen LogP contribution < -0.4 is 5.32 Å². The van der Waals surface area contributed by atoms with Gasteiger partial charge in [0.2, 0.25) is 11.7 Å². The maximum atomic E-state index is 14.0. The van der Waals surface area contributed by atoms with Crippen molar-refractivity contribution in [3.63, 3.8) is 0 Å². The van der Waals surface area contributed by atoms with Crippen molar-refractivity contribution in [3.8, 4) is 0 Å². The topological polar surface area (TPSA) is 59.3 Å². The highest BCUT2D eigenvalue weighted by molar-refractivity contribution is 6.08. The van der Waals surface area contributed by atoms with E-state index in [-0.39, 0.29) is 17.2 Å². The molecule has 0 aliphatic carbocycles. The fourth-order valence-corrected chi connectivity index (χ4v) is 2.27. The first-order valence-electron chi connectivity index (χ1n) is 6.28. The Labute approximate surface area is 114 Å². The average Bonchev–Trinajstić information content (AvgIpc) is 2.84. The third-order valence-corrected chi connectivity index (χ3v) is 3.30. The van der Waals surface area contributed by atoms with Gasteiger partial charge in [-0.15, -0.1) is 0 Å². The molecule has 5 heteroatoms. The molecule has 1 aliphatic heterocycles. The van der Waals surface area contributed by atoms with Crippen LogP contribution in [0.25, 0.3) is 0 Å². The quantitative estimate of drug-likeness (QED) is 0.856. The number of aryl methyl sites for hydroxylation is 2. The standard InChI is InChI=1S/C15H12FNO3/c1-8-2-4-13(20-8)15(19)10-6-9-3-5-14(18)17-12(9)7-11(10)16/h2,4,6-7H,3,5H2,1H3,(H,17,18). The summed E-state index contributed by atoms with van der Waals surface area (Å²) >= 11 is 0. The second kappa shape index (κ2) is 4.59. The minimum atomic E-state index is -0.662. The predicted octanol–water partition coefficient (Wildman–Crippen LogP) is 2.84. The minimum absolute atomic E-state index is 0.0331. The molecule has 102 valence electrons. The Bertz CT molecular complexity index is 718. The predicted molar refractivity (Wildman–Crippen MR) is 70.2 cm³/mol. The van der Waals surface area contributed by atoms with Gasteiger partial charge in [-0.25, -0.2) is 4.39 Å². The molecule has 1 N–H and O–H groups in total. The largest absolute Gasteiger partial charge is 0.458 e. The second-order valence-corrected chi connectivity index (χ2v) is 4.78. The first-order chi connectivity index (χ1) is 9.54. The number of hydrogen-bond acceptors (Lipinski definition) is 3. The van der Waals surface area contributed by atoms with E-state index in [1.165, 1.54) is 18.2 Å². The Morgan fingerprint density at radius 3 is 2.80 bits per heavy atom. The maximum absolute atomic E-state index is 14.0. The van der Waals surface area contributed by atoms with Crippen molar-refractivity contribution in [3.05, 3.63) is 52.7 Å². The van der Waals surface area contributed by atoms with Crippen molar-refractivity contribution in [1.29, 1.82) is 0 Å². The Hall–Kier alpha value is -2.43. The summed E-state index contributed by atoms with van der Waals surface area (Å²) in [6, 6.07) is 5.86. The zero-order chi connectivity index (χ0) is 14.3. The highest BCUT2D eigenvalue weighted by Gasteiger charge is 2.22. The lowest BCUT2D eigenvalue weighted by molar-refractivity contribution is -0.116. The van der Waals surface area contributed by atoms with Crippen LogP contribution in [0.1, 0.15) is 33.9 Å². The van der Waals surface area contributed by atoms with E-state index in [2.05, 4.69) is 5.32 Å². The number of amides is 1. The molecule has 2 heterocycles. The second-order valence-electron chi connectivity index (χ2n) is 4.78. The molecular weight excluding hydrogens is 261 g/mol. The van der Waals surface area contributed by atoms with E-state index < -0.39 is 11.6 Å². The summed E-state index contributed by atoms with van der Waals surface area (Å²) in [7, 11) is 0. The van der Waals surface area contributed by atoms with Crippen LogP contribution in [0.2, 0.25) is 0 Å². The van der Waals surface area contributed by atoms with E-state index in [4.69, 9.17) is 4.42 Å². The number of fused-ring (bicyclic) bond motifs is 1. The van der Waals surface area contributed by atoms with Crippen LogP contribution in [0.5, 0.6) is 0 Å². The molecule has 1 aliphatic rings. The lowest BCUT2D eigenvalue weighted by Crippen LogP contribution is -2.20. The van der Waals surface area contributed by atoms with Gasteiger partial charge in [0.15, 0.2) is 5.76 Å². The lowest BCUT2D eigenvalue weighted by atomic mass is 9.97. The summed E-state index contributed by atoms with van der Waals surface area (Å²) in [6.07, 6.45) is 0.838. The van der Waals surface area contributed by atoms with Crippen molar-refractivity contribution in [2.45, 2.75) is 19.8 Å². The third kappa shape index (κ3) is 2.11. The molecule has 1 aromatic carbocycles. The van der Waals surface area contributed by atoms with Gasteiger partial charge in [-0.2, -0.15) is 0 Å². The summed E-state index contributed by atoms with van der Waals surface area (Å²) in [5, 5.41) is 2.60. The summed E-state index contributed by atoms with van der Waals surface area (Å²) < 4.78 is 19.3. The zero-order valence-corrected chi connectivity index (χ0v) is 10.8. The summed E-state index contributed by atoms with van der Waals surface area (Å²) in [4.78, 5) is 23.5. The van der Waals surface area contributed by atoms with Crippen LogP contribution in [0, 0.1) is 12.7 Å². The molecule has 3 rings (SSSR count). The Kier molecular flexibility index (Phi) is 2.89. The van der Waals surface area contributed by atoms with Crippen LogP contribution >= 0.6 is 0 Å². The van der Waals surface area contributed by atoms with Crippen LogP contribution in [0.4, 0.5) is 10.1 Å². The molecule has 0 spiro atoms. The number of nitrogens with one attached hydrogen (secondary N) is 1. The van der Waals surface area contributed by atoms with E-state index in [0.29, 0.717) is 24.3 Å². The van der Waals surface area contributed by atoms with Gasteiger partial charge in [-0.3, -0.25) is 9.59 Å². The Morgan fingerprint density at radius 1 is 1.30 bits per heavy atom. The molecule has 0 bridgehead atoms. The first-order valence-corrected chi connectivity index (χ1v) is 6.28. The fourth-order valence-electron chi connectivity index (χ4n) is 2.27. The van der Waals surface area contributed by atoms with E-state index in [0.717, 1.165) is 5.56 Å². The van der Waals surface area contributed by atoms with Crippen molar-refractivity contribution >= 4 is 17.4 Å². The lowest BCUT2D eigenvalue weighted by Gasteiger charge is -2.17. The van der Waals surface area contributed by atoms with Crippen molar-refractivity contribution in [2.24, 2.45) is 0 Å². The van der Waals surface area contributed by atoms with E-state index in [9.17, 15) is 14.0 Å². The van der Waals surface area contributed by atoms with Crippen LogP contribution in [0.3, 0.4) is 0 Å². The first kappa shape index (κ1) is 12.6. The van der Waals surface area contributed by atoms with Gasteiger partial charge in [0, 0.05) is 12.1 Å². The fraction of sp³-hybridized carbons (Fsp3) is 0.200. The molecule has 4 nitrogen and oxygen atoms in total. The molecule has 0 atom stereocenters. The van der Waals surface area contributed by atoms with Gasteiger partial charge in [0.1, 0.15) is 11.6 Å². The van der Waals surface area contributed by atoms with Gasteiger partial charge in [0.25, 0.3) is 0 Å². The number of benzene rings is 1. The van der Waals surface area contributed by atoms with Gasteiger partial charge in [-0.1, -0.05) is 0 Å². The Morgan fingerprint density at radius 2 is 2.10 bits per heavy atom. The van der Waals surface area contributed by atoms with Gasteiger partial charge in [0.05, 0.1) is 5.56 Å². The zero-order valence-electron chi connectivity index (χ0n) is 10.8. The molecular formula is C15H12FNO3. The molecule has 20 heavy (non-hydrogen) atoms. The molecule has 0 radical (unpaired) electrons. The SMILES string of the molecule is Cc1ccc(C(=O)c2cc3c(cc2F)NC(=O)CC3)o1. The normalized spacial score (nSPS) is 13.8. The molecule has 0 unspecified atom stereocenters. The molecule has 1 amide bonds. The molecule has 0 saturated heterocycles. The number of carbonyl (C=O) groups is 2. The van der Waals surface area contributed by atoms with Crippen LogP contribution in [-0.2, 0) is 11.2 Å². The van der Waals surface area contributed by atoms with Crippen LogP contribution in [0.15, 0.2) is 28.7 Å². The number of rotatable bonds is 2. The highest BCUT2D eigenvalue weighted by atomic mass is 19.1. The number of ketones is 1. The van der Waals surface area contributed by atoms with Gasteiger partial charge >= 0.3 is 0 Å². The van der Waals surface area contributed by atoms with Crippen molar-refractivity contribution in [2.75, 3.05) is 5.32 Å². The number of carbonyl (C=O) groups excluding carboxylic acids is 2. The summed E-state index contributed by atoms with van der Waals surface area (Å²) in [5.41, 5.74) is 1.16. The minimum Gasteiger partial charge on any atom is -0.458 e. The van der Waals surface area contributed by atoms with E-state index >= 15 is 0 Å². The number of furan rings is 1. The monoisotopic (exact) mass is 273 g/mol. The third-order valence-electron chi connectivity index (χ3n) is 3.30. The molecule has 2 aromatic rings. The molecule has 0 saturated carbocycles. The Balaban J connectivity index is 2.02. The summed E-state index contributed by atoms with van der Waals surface area (Å²) in [6.45, 7) is 1.72. The molecule has 0 fully saturated rings. The highest BCUT2D eigenvalue weighted by Crippen LogP contribution is 2.27. The van der Waals surface area contributed by atoms with Gasteiger partial charge < -0.3 is 9.73 Å².